The molecular formula is C11H9N5O4S. The van der Waals surface area contributed by atoms with Crippen LogP contribution in [0.2, 0.25) is 0 Å². The van der Waals surface area contributed by atoms with Crippen LogP contribution in [0.4, 0.5) is 5.69 Å². The molecule has 0 aliphatic carbocycles. The average molecular weight is 307 g/mol. The van der Waals surface area contributed by atoms with Crippen molar-refractivity contribution >= 4 is 24.1 Å². The van der Waals surface area contributed by atoms with E-state index in [1.165, 1.54) is 23.0 Å². The molecule has 108 valence electrons. The molecule has 1 aromatic carbocycles. The molecular weight excluding hydrogens is 298 g/mol. The topological polar surface area (TPSA) is 108 Å². The van der Waals surface area contributed by atoms with E-state index in [1.54, 1.807) is 6.92 Å². The number of nitrogens with zero attached hydrogens (tertiary/aromatic N) is 4. The summed E-state index contributed by atoms with van der Waals surface area (Å²) in [5.41, 5.74) is 0.155. The number of nitro groups is 1. The van der Waals surface area contributed by atoms with E-state index >= 15 is 0 Å². The zero-order valence-corrected chi connectivity index (χ0v) is 11.6. The Morgan fingerprint density at radius 3 is 2.86 bits per heavy atom. The fourth-order valence-electron chi connectivity index (χ4n) is 1.83. The van der Waals surface area contributed by atoms with Crippen molar-refractivity contribution in [1.82, 2.24) is 14.9 Å². The van der Waals surface area contributed by atoms with Gasteiger partial charge in [-0.05, 0) is 25.2 Å². The van der Waals surface area contributed by atoms with Crippen LogP contribution in [0.15, 0.2) is 17.2 Å². The van der Waals surface area contributed by atoms with E-state index < -0.39 is 4.92 Å². The summed E-state index contributed by atoms with van der Waals surface area (Å²) in [4.78, 5) is 10.6. The van der Waals surface area contributed by atoms with Gasteiger partial charge in [-0.15, -0.1) is 0 Å². The van der Waals surface area contributed by atoms with Crippen molar-refractivity contribution in [3.05, 3.63) is 38.4 Å². The highest BCUT2D eigenvalue weighted by Gasteiger charge is 2.22. The third-order valence-electron chi connectivity index (χ3n) is 2.84. The highest BCUT2D eigenvalue weighted by atomic mass is 32.1. The minimum Gasteiger partial charge on any atom is -0.454 e. The van der Waals surface area contributed by atoms with Crippen LogP contribution in [-0.4, -0.2) is 32.8 Å². The number of benzene rings is 1. The quantitative estimate of drug-likeness (QED) is 0.401. The van der Waals surface area contributed by atoms with Crippen LogP contribution >= 0.6 is 12.2 Å². The first-order valence-electron chi connectivity index (χ1n) is 5.82. The van der Waals surface area contributed by atoms with Crippen molar-refractivity contribution in [1.29, 1.82) is 0 Å². The zero-order chi connectivity index (χ0) is 15.0. The smallest absolute Gasteiger partial charge is 0.282 e. The number of rotatable bonds is 3. The van der Waals surface area contributed by atoms with E-state index in [1.807, 2.05) is 0 Å². The first-order chi connectivity index (χ1) is 10.1. The molecule has 1 aliphatic rings. The standard InChI is InChI=1S/C11H9N5O4S/c1-6-13-14-11(21)15(6)12-4-7-2-9-10(20-5-19-9)3-8(7)16(17)18/h2-4H,5H2,1H3,(H,14,21)/b12-4-. The summed E-state index contributed by atoms with van der Waals surface area (Å²) >= 11 is 5.00. The summed E-state index contributed by atoms with van der Waals surface area (Å²) in [5.74, 6) is 1.32. The molecule has 1 aliphatic heterocycles. The largest absolute Gasteiger partial charge is 0.454 e. The fraction of sp³-hybridized carbons (Fsp3) is 0.182. The van der Waals surface area contributed by atoms with Gasteiger partial charge in [-0.3, -0.25) is 15.2 Å². The Morgan fingerprint density at radius 1 is 1.52 bits per heavy atom. The van der Waals surface area contributed by atoms with Gasteiger partial charge in [0, 0.05) is 0 Å². The summed E-state index contributed by atoms with van der Waals surface area (Å²) in [6, 6.07) is 2.81. The molecule has 0 amide bonds. The highest BCUT2D eigenvalue weighted by Crippen LogP contribution is 2.37. The monoisotopic (exact) mass is 307 g/mol. The van der Waals surface area contributed by atoms with Gasteiger partial charge in [0.05, 0.1) is 22.8 Å². The van der Waals surface area contributed by atoms with Gasteiger partial charge < -0.3 is 9.47 Å². The normalized spacial score (nSPS) is 13.0. The third-order valence-corrected chi connectivity index (χ3v) is 3.11. The molecule has 0 atom stereocenters. The average Bonchev–Trinajstić information content (AvgIpc) is 3.02. The van der Waals surface area contributed by atoms with Crippen LogP contribution in [0.3, 0.4) is 0 Å². The second kappa shape index (κ2) is 4.98. The van der Waals surface area contributed by atoms with Gasteiger partial charge in [0.1, 0.15) is 5.82 Å². The van der Waals surface area contributed by atoms with Crippen LogP contribution in [-0.2, 0) is 0 Å². The van der Waals surface area contributed by atoms with E-state index in [2.05, 4.69) is 15.3 Å². The first-order valence-corrected chi connectivity index (χ1v) is 6.23. The number of nitrogens with one attached hydrogen (secondary N) is 1. The molecule has 3 rings (SSSR count). The van der Waals surface area contributed by atoms with E-state index in [0.29, 0.717) is 22.1 Å². The van der Waals surface area contributed by atoms with Gasteiger partial charge in [0.15, 0.2) is 11.5 Å². The number of aryl methyl sites for hydroxylation is 1. The highest BCUT2D eigenvalue weighted by molar-refractivity contribution is 7.71. The van der Waals surface area contributed by atoms with E-state index in [4.69, 9.17) is 21.7 Å². The van der Waals surface area contributed by atoms with Gasteiger partial charge in [-0.1, -0.05) is 0 Å². The van der Waals surface area contributed by atoms with Crippen LogP contribution in [0.5, 0.6) is 11.5 Å². The molecule has 0 spiro atoms. The molecule has 0 radical (unpaired) electrons. The number of nitro benzene ring substituents is 1. The number of H-pyrrole nitrogens is 1. The maximum absolute atomic E-state index is 11.1. The van der Waals surface area contributed by atoms with Gasteiger partial charge in [0.25, 0.3) is 5.69 Å². The van der Waals surface area contributed by atoms with Gasteiger partial charge in [-0.2, -0.15) is 14.9 Å². The molecule has 0 saturated carbocycles. The van der Waals surface area contributed by atoms with Crippen LogP contribution in [0, 0.1) is 21.8 Å². The summed E-state index contributed by atoms with van der Waals surface area (Å²) in [6.45, 7) is 1.75. The van der Waals surface area contributed by atoms with Crippen LogP contribution in [0.25, 0.3) is 0 Å². The SMILES string of the molecule is Cc1n[nH]c(=S)n1/N=C\c1cc2c(cc1[N+](=O)[O-])OCO2. The molecule has 0 bridgehead atoms. The number of hydrogen-bond donors (Lipinski definition) is 1. The van der Waals surface area contributed by atoms with Crippen molar-refractivity contribution in [3.63, 3.8) is 0 Å². The van der Waals surface area contributed by atoms with E-state index in [0.717, 1.165) is 0 Å². The van der Waals surface area contributed by atoms with Crippen molar-refractivity contribution in [3.8, 4) is 11.5 Å². The number of hydrogen-bond acceptors (Lipinski definition) is 7. The predicted octanol–water partition coefficient (Wildman–Crippen LogP) is 1.77. The number of aromatic nitrogens is 3. The lowest BCUT2D eigenvalue weighted by Gasteiger charge is -2.00. The molecule has 0 fully saturated rings. The Hall–Kier alpha value is -2.75. The van der Waals surface area contributed by atoms with E-state index in [9.17, 15) is 10.1 Å². The van der Waals surface area contributed by atoms with Crippen molar-refractivity contribution in [2.75, 3.05) is 6.79 Å². The Morgan fingerprint density at radius 2 is 2.24 bits per heavy atom. The second-order valence-corrected chi connectivity index (χ2v) is 4.54. The van der Waals surface area contributed by atoms with Crippen molar-refractivity contribution in [2.24, 2.45) is 5.10 Å². The van der Waals surface area contributed by atoms with Gasteiger partial charge in [0.2, 0.25) is 11.6 Å². The Balaban J connectivity index is 2.06. The van der Waals surface area contributed by atoms with Crippen molar-refractivity contribution in [2.45, 2.75) is 6.92 Å². The lowest BCUT2D eigenvalue weighted by Crippen LogP contribution is -1.98. The minimum absolute atomic E-state index is 0.0407. The lowest BCUT2D eigenvalue weighted by atomic mass is 10.1. The maximum atomic E-state index is 11.1. The van der Waals surface area contributed by atoms with Gasteiger partial charge >= 0.3 is 0 Å². The predicted molar refractivity (Wildman–Crippen MR) is 74.4 cm³/mol. The Kier molecular flexibility index (Phi) is 3.14. The zero-order valence-electron chi connectivity index (χ0n) is 10.8. The van der Waals surface area contributed by atoms with Crippen LogP contribution in [0.1, 0.15) is 11.4 Å². The Labute approximate surface area is 123 Å². The summed E-state index contributed by atoms with van der Waals surface area (Å²) in [5, 5.41) is 21.7. The van der Waals surface area contributed by atoms with E-state index in [-0.39, 0.29) is 18.0 Å². The minimum atomic E-state index is -0.509. The fourth-order valence-corrected chi connectivity index (χ4v) is 2.06. The second-order valence-electron chi connectivity index (χ2n) is 4.15. The molecule has 2 aromatic rings. The number of fused-ring (bicyclic) bond motifs is 1. The van der Waals surface area contributed by atoms with Gasteiger partial charge in [-0.25, -0.2) is 0 Å². The molecule has 9 nitrogen and oxygen atoms in total. The number of ether oxygens (including phenoxy) is 2. The summed E-state index contributed by atoms with van der Waals surface area (Å²) in [6.07, 6.45) is 1.33. The lowest BCUT2D eigenvalue weighted by molar-refractivity contribution is -0.385. The maximum Gasteiger partial charge on any atom is 0.282 e. The molecule has 21 heavy (non-hydrogen) atoms. The molecule has 1 N–H and O–H groups in total. The third kappa shape index (κ3) is 2.36. The number of aromatic amines is 1. The van der Waals surface area contributed by atoms with Crippen LogP contribution < -0.4 is 9.47 Å². The molecule has 2 heterocycles. The molecule has 1 aromatic heterocycles. The van der Waals surface area contributed by atoms with Crippen molar-refractivity contribution < 1.29 is 14.4 Å². The first kappa shape index (κ1) is 13.2. The Bertz CT molecular complexity index is 809. The summed E-state index contributed by atoms with van der Waals surface area (Å²) in [7, 11) is 0. The molecule has 10 heteroatoms. The molecule has 0 saturated heterocycles. The summed E-state index contributed by atoms with van der Waals surface area (Å²) < 4.78 is 12.0. The molecule has 0 unspecified atom stereocenters.